The lowest BCUT2D eigenvalue weighted by Gasteiger charge is -2.18. The van der Waals surface area contributed by atoms with Gasteiger partial charge in [0.25, 0.3) is 0 Å². The highest BCUT2D eigenvalue weighted by Gasteiger charge is 2.34. The number of rotatable bonds is 4. The van der Waals surface area contributed by atoms with Gasteiger partial charge in [-0.1, -0.05) is 23.2 Å². The van der Waals surface area contributed by atoms with Gasteiger partial charge in [-0.05, 0) is 49.1 Å². The van der Waals surface area contributed by atoms with Crippen molar-refractivity contribution in [2.45, 2.75) is 25.2 Å². The number of hydrogen-bond acceptors (Lipinski definition) is 3. The van der Waals surface area contributed by atoms with E-state index in [1.807, 2.05) is 0 Å². The highest BCUT2D eigenvalue weighted by Crippen LogP contribution is 2.35. The lowest BCUT2D eigenvalue weighted by Crippen LogP contribution is -2.26. The van der Waals surface area contributed by atoms with Crippen LogP contribution in [-0.2, 0) is 9.59 Å². The number of amides is 2. The minimum absolute atomic E-state index is 0.00555. The molecule has 1 aromatic carbocycles. The normalized spacial score (nSPS) is 19.7. The zero-order valence-corrected chi connectivity index (χ0v) is 15.4. The second-order valence-electron chi connectivity index (χ2n) is 6.70. The zero-order valence-electron chi connectivity index (χ0n) is 13.9. The Morgan fingerprint density at radius 3 is 2.54 bits per heavy atom. The number of hydrogen-bond donors (Lipinski definition) is 1. The summed E-state index contributed by atoms with van der Waals surface area (Å²) in [4.78, 5) is 30.7. The number of aromatic nitrogens is 1. The summed E-state index contributed by atoms with van der Waals surface area (Å²) < 4.78 is 0. The Labute approximate surface area is 161 Å². The van der Waals surface area contributed by atoms with Crippen LogP contribution in [0.15, 0.2) is 36.5 Å². The summed E-state index contributed by atoms with van der Waals surface area (Å²) in [6.07, 6.45) is 4.15. The van der Waals surface area contributed by atoms with Crippen LogP contribution in [-0.4, -0.2) is 23.3 Å². The molecule has 1 aliphatic carbocycles. The molecule has 134 valence electrons. The van der Waals surface area contributed by atoms with Crippen molar-refractivity contribution in [3.05, 3.63) is 52.1 Å². The first-order valence-corrected chi connectivity index (χ1v) is 9.31. The maximum atomic E-state index is 12.9. The molecule has 2 aliphatic rings. The van der Waals surface area contributed by atoms with E-state index < -0.39 is 0 Å². The van der Waals surface area contributed by atoms with Gasteiger partial charge >= 0.3 is 0 Å². The quantitative estimate of drug-likeness (QED) is 0.849. The molecule has 1 unspecified atom stereocenters. The second kappa shape index (κ2) is 6.89. The topological polar surface area (TPSA) is 62.3 Å². The van der Waals surface area contributed by atoms with Crippen LogP contribution in [0.5, 0.6) is 0 Å². The van der Waals surface area contributed by atoms with Crippen LogP contribution < -0.4 is 10.2 Å². The first kappa shape index (κ1) is 17.3. The highest BCUT2D eigenvalue weighted by molar-refractivity contribution is 6.34. The van der Waals surface area contributed by atoms with E-state index in [0.717, 1.165) is 24.1 Å². The van der Waals surface area contributed by atoms with Gasteiger partial charge in [0.05, 0.1) is 5.92 Å². The van der Waals surface area contributed by atoms with Crippen LogP contribution in [0.3, 0.4) is 0 Å². The van der Waals surface area contributed by atoms with Crippen molar-refractivity contribution in [3.8, 4) is 0 Å². The molecule has 7 heteroatoms. The molecule has 2 amide bonds. The number of carbonyl (C=O) groups excluding carboxylic acids is 2. The lowest BCUT2D eigenvalue weighted by molar-refractivity contribution is -0.118. The Balaban J connectivity index is 1.53. The Kier molecular flexibility index (Phi) is 4.59. The molecule has 4 rings (SSSR count). The fourth-order valence-corrected chi connectivity index (χ4v) is 3.79. The SMILES string of the molecule is O=C(Nc1cc(N2CCC(c3cc(Cl)cc(Cl)c3)C2=O)ccn1)C1CC1. The van der Waals surface area contributed by atoms with Gasteiger partial charge in [0.2, 0.25) is 11.8 Å². The third-order valence-corrected chi connectivity index (χ3v) is 5.18. The zero-order chi connectivity index (χ0) is 18.3. The summed E-state index contributed by atoms with van der Waals surface area (Å²) in [5.74, 6) is 0.291. The number of nitrogens with zero attached hydrogens (tertiary/aromatic N) is 2. The molecule has 0 spiro atoms. The van der Waals surface area contributed by atoms with E-state index in [-0.39, 0.29) is 23.7 Å². The Morgan fingerprint density at radius 1 is 1.12 bits per heavy atom. The van der Waals surface area contributed by atoms with Crippen molar-refractivity contribution >= 4 is 46.5 Å². The summed E-state index contributed by atoms with van der Waals surface area (Å²) in [6.45, 7) is 0.591. The third-order valence-electron chi connectivity index (χ3n) is 4.75. The molecule has 0 bridgehead atoms. The molecular formula is C19H17Cl2N3O2. The van der Waals surface area contributed by atoms with E-state index >= 15 is 0 Å². The van der Waals surface area contributed by atoms with Gasteiger partial charge in [0, 0.05) is 40.5 Å². The standard InChI is InChI=1S/C19H17Cl2N3O2/c20-13-7-12(8-14(21)9-13)16-4-6-24(19(16)26)15-3-5-22-17(10-15)23-18(25)11-1-2-11/h3,5,7-11,16H,1-2,4,6H2,(H,22,23,25). The van der Waals surface area contributed by atoms with Gasteiger partial charge in [0.15, 0.2) is 0 Å². The summed E-state index contributed by atoms with van der Waals surface area (Å²) in [5, 5.41) is 3.86. The lowest BCUT2D eigenvalue weighted by atomic mass is 9.98. The average molecular weight is 390 g/mol. The van der Waals surface area contributed by atoms with Crippen molar-refractivity contribution in [2.24, 2.45) is 5.92 Å². The number of nitrogens with one attached hydrogen (secondary N) is 1. The molecule has 1 saturated heterocycles. The van der Waals surface area contributed by atoms with Crippen molar-refractivity contribution < 1.29 is 9.59 Å². The van der Waals surface area contributed by atoms with Crippen molar-refractivity contribution in [1.82, 2.24) is 4.98 Å². The van der Waals surface area contributed by atoms with E-state index in [2.05, 4.69) is 10.3 Å². The van der Waals surface area contributed by atoms with Crippen LogP contribution in [0.4, 0.5) is 11.5 Å². The fraction of sp³-hybridized carbons (Fsp3) is 0.316. The van der Waals surface area contributed by atoms with Crippen LogP contribution in [0.1, 0.15) is 30.7 Å². The van der Waals surface area contributed by atoms with Crippen molar-refractivity contribution in [3.63, 3.8) is 0 Å². The van der Waals surface area contributed by atoms with E-state index in [0.29, 0.717) is 28.8 Å². The van der Waals surface area contributed by atoms with Crippen molar-refractivity contribution in [2.75, 3.05) is 16.8 Å². The number of carbonyl (C=O) groups is 2. The van der Waals surface area contributed by atoms with E-state index in [1.165, 1.54) is 0 Å². The number of anilines is 2. The smallest absolute Gasteiger partial charge is 0.234 e. The Morgan fingerprint density at radius 2 is 1.85 bits per heavy atom. The minimum atomic E-state index is -0.274. The Hall–Kier alpha value is -2.11. The molecular weight excluding hydrogens is 373 g/mol. The molecule has 0 radical (unpaired) electrons. The predicted octanol–water partition coefficient (Wildman–Crippen LogP) is 4.26. The fourth-order valence-electron chi connectivity index (χ4n) is 3.25. The average Bonchev–Trinajstić information content (AvgIpc) is 3.37. The largest absolute Gasteiger partial charge is 0.312 e. The van der Waals surface area contributed by atoms with E-state index in [9.17, 15) is 9.59 Å². The maximum absolute atomic E-state index is 12.9. The predicted molar refractivity (Wildman–Crippen MR) is 102 cm³/mol. The molecule has 26 heavy (non-hydrogen) atoms. The van der Waals surface area contributed by atoms with Gasteiger partial charge in [-0.3, -0.25) is 9.59 Å². The number of halogens is 2. The van der Waals surface area contributed by atoms with Gasteiger partial charge in [-0.2, -0.15) is 0 Å². The van der Waals surface area contributed by atoms with Crippen LogP contribution in [0.25, 0.3) is 0 Å². The van der Waals surface area contributed by atoms with Crippen LogP contribution in [0.2, 0.25) is 10.0 Å². The molecule has 1 saturated carbocycles. The van der Waals surface area contributed by atoms with Gasteiger partial charge in [0.1, 0.15) is 5.82 Å². The molecule has 1 aliphatic heterocycles. The molecule has 1 N–H and O–H groups in total. The first-order valence-electron chi connectivity index (χ1n) is 8.55. The third kappa shape index (κ3) is 3.55. The summed E-state index contributed by atoms with van der Waals surface area (Å²) in [5.41, 5.74) is 1.55. The Bertz CT molecular complexity index is 863. The maximum Gasteiger partial charge on any atom is 0.234 e. The first-order chi connectivity index (χ1) is 12.5. The summed E-state index contributed by atoms with van der Waals surface area (Å²) >= 11 is 12.1. The van der Waals surface area contributed by atoms with E-state index in [1.54, 1.807) is 41.4 Å². The number of benzene rings is 1. The monoisotopic (exact) mass is 389 g/mol. The van der Waals surface area contributed by atoms with Crippen LogP contribution >= 0.6 is 23.2 Å². The van der Waals surface area contributed by atoms with Gasteiger partial charge in [-0.25, -0.2) is 4.98 Å². The molecule has 2 heterocycles. The van der Waals surface area contributed by atoms with Gasteiger partial charge < -0.3 is 10.2 Å². The number of pyridine rings is 1. The van der Waals surface area contributed by atoms with Gasteiger partial charge in [-0.15, -0.1) is 0 Å². The molecule has 5 nitrogen and oxygen atoms in total. The highest BCUT2D eigenvalue weighted by atomic mass is 35.5. The molecule has 2 fully saturated rings. The second-order valence-corrected chi connectivity index (χ2v) is 7.57. The van der Waals surface area contributed by atoms with Crippen LogP contribution in [0, 0.1) is 5.92 Å². The minimum Gasteiger partial charge on any atom is -0.312 e. The van der Waals surface area contributed by atoms with Crippen molar-refractivity contribution in [1.29, 1.82) is 0 Å². The molecule has 1 aromatic heterocycles. The summed E-state index contributed by atoms with van der Waals surface area (Å²) in [7, 11) is 0. The summed E-state index contributed by atoms with van der Waals surface area (Å²) in [6, 6.07) is 8.74. The molecule has 1 atom stereocenters. The van der Waals surface area contributed by atoms with E-state index in [4.69, 9.17) is 23.2 Å². The molecule has 2 aromatic rings.